The van der Waals surface area contributed by atoms with Crippen LogP contribution < -0.4 is 29.6 Å². The summed E-state index contributed by atoms with van der Waals surface area (Å²) in [5, 5.41) is 0. The van der Waals surface area contributed by atoms with Gasteiger partial charge in [0.05, 0.1) is 0 Å². The second-order valence-corrected chi connectivity index (χ2v) is 6.89. The van der Waals surface area contributed by atoms with Crippen molar-refractivity contribution in [2.45, 2.75) is 105 Å². The molecule has 0 atom stereocenters. The van der Waals surface area contributed by atoms with Crippen molar-refractivity contribution in [2.75, 3.05) is 26.4 Å². The first kappa shape index (κ1) is 29.1. The summed E-state index contributed by atoms with van der Waals surface area (Å²) in [4.78, 5) is 0. The van der Waals surface area contributed by atoms with Gasteiger partial charge in [-0.25, -0.2) is 0 Å². The van der Waals surface area contributed by atoms with Gasteiger partial charge in [0.15, 0.2) is 0 Å². The minimum absolute atomic E-state index is 0. The van der Waals surface area contributed by atoms with Crippen molar-refractivity contribution < 1.29 is 48.2 Å². The average Bonchev–Trinajstić information content (AvgIpc) is 2.63. The van der Waals surface area contributed by atoms with Gasteiger partial charge in [0.1, 0.15) is 0 Å². The summed E-state index contributed by atoms with van der Waals surface area (Å²) < 4.78 is 24.3. The van der Waals surface area contributed by atoms with Gasteiger partial charge in [-0.15, -0.1) is 0 Å². The third-order valence-electron chi connectivity index (χ3n) is 4.28. The normalized spacial score (nSPS) is 11.5. The minimum Gasteiger partial charge on any atom is -0.518 e. The molecule has 0 aliphatic rings. The van der Waals surface area contributed by atoms with Crippen LogP contribution in [-0.4, -0.2) is 33.4 Å². The predicted octanol–water partition coefficient (Wildman–Crippen LogP) is 3.25. The topological polar surface area (TPSA) is 36.9 Å². The first-order valence-electron chi connectivity index (χ1n) is 10.9. The van der Waals surface area contributed by atoms with Crippen molar-refractivity contribution in [3.63, 3.8) is 0 Å². The predicted molar refractivity (Wildman–Crippen MR) is 108 cm³/mol. The molecule has 0 radical (unpaired) electrons. The van der Waals surface area contributed by atoms with Gasteiger partial charge in [0.2, 0.25) is 0 Å². The van der Waals surface area contributed by atoms with Gasteiger partial charge in [-0.05, 0) is 25.7 Å². The number of unbranched alkanes of at least 4 members (excludes halogenated alkanes) is 8. The molecule has 0 aromatic rings. The molecule has 0 spiro atoms. The third kappa shape index (κ3) is 17.0. The largest absolute Gasteiger partial charge is 1.00 e. The molecule has 0 aliphatic carbocycles. The smallest absolute Gasteiger partial charge is 0.518 e. The van der Waals surface area contributed by atoms with Gasteiger partial charge in [0, 0.05) is 26.4 Å². The van der Waals surface area contributed by atoms with Crippen LogP contribution >= 0.6 is 0 Å². The van der Waals surface area contributed by atoms with Crippen molar-refractivity contribution in [1.82, 2.24) is 0 Å². The molecular formula is C20H44BNaO4. The fourth-order valence-corrected chi connectivity index (χ4v) is 2.61. The van der Waals surface area contributed by atoms with Crippen molar-refractivity contribution in [3.05, 3.63) is 0 Å². The van der Waals surface area contributed by atoms with E-state index in [4.69, 9.17) is 18.6 Å². The van der Waals surface area contributed by atoms with E-state index in [0.717, 1.165) is 51.4 Å². The Balaban J connectivity index is 0. The Morgan fingerprint density at radius 3 is 0.846 bits per heavy atom. The second-order valence-electron chi connectivity index (χ2n) is 6.89. The number of hydrogen-bond donors (Lipinski definition) is 0. The Kier molecular flexibility index (Phi) is 24.9. The number of rotatable bonds is 20. The molecular weight excluding hydrogens is 338 g/mol. The van der Waals surface area contributed by atoms with E-state index in [1.165, 1.54) is 25.7 Å². The Morgan fingerprint density at radius 2 is 0.654 bits per heavy atom. The molecule has 0 unspecified atom stereocenters. The van der Waals surface area contributed by atoms with Gasteiger partial charge < -0.3 is 18.6 Å². The van der Waals surface area contributed by atoms with E-state index in [0.29, 0.717) is 26.4 Å². The van der Waals surface area contributed by atoms with Crippen LogP contribution in [0.2, 0.25) is 0 Å². The molecule has 26 heavy (non-hydrogen) atoms. The first-order chi connectivity index (χ1) is 12.2. The van der Waals surface area contributed by atoms with E-state index in [9.17, 15) is 0 Å². The molecule has 0 N–H and O–H groups in total. The van der Waals surface area contributed by atoms with Crippen LogP contribution in [0.15, 0.2) is 0 Å². The average molecular weight is 382 g/mol. The molecule has 0 aromatic carbocycles. The van der Waals surface area contributed by atoms with Gasteiger partial charge in [-0.1, -0.05) is 79.1 Å². The maximum atomic E-state index is 6.07. The molecule has 152 valence electrons. The van der Waals surface area contributed by atoms with E-state index < -0.39 is 6.96 Å². The first-order valence-corrected chi connectivity index (χ1v) is 10.9. The molecule has 6 heteroatoms. The molecule has 0 heterocycles. The summed E-state index contributed by atoms with van der Waals surface area (Å²) in [5.74, 6) is 0. The molecule has 0 aliphatic heterocycles. The summed E-state index contributed by atoms with van der Waals surface area (Å²) in [7, 11) is 0. The zero-order valence-electron chi connectivity index (χ0n) is 18.5. The van der Waals surface area contributed by atoms with Crippen molar-refractivity contribution >= 4 is 6.96 Å². The summed E-state index contributed by atoms with van der Waals surface area (Å²) >= 11 is 0. The van der Waals surface area contributed by atoms with Crippen LogP contribution in [0.4, 0.5) is 0 Å². The standard InChI is InChI=1S/C20H44BO4.Na/c1-5-9-13-17-22-21(23-18-14-10-6-2,24-19-15-11-7-3)25-20-16-12-8-4;/h5-20H2,1-4H3;/q-1;+1. The Labute approximate surface area is 185 Å². The Morgan fingerprint density at radius 1 is 0.423 bits per heavy atom. The fourth-order valence-electron chi connectivity index (χ4n) is 2.61. The summed E-state index contributed by atoms with van der Waals surface area (Å²) in [6.07, 6.45) is 13.4. The van der Waals surface area contributed by atoms with Gasteiger partial charge in [-0.3, -0.25) is 0 Å². The van der Waals surface area contributed by atoms with Crippen molar-refractivity contribution in [2.24, 2.45) is 0 Å². The number of hydrogen-bond acceptors (Lipinski definition) is 4. The molecule has 0 fully saturated rings. The molecule has 0 saturated heterocycles. The molecule has 4 nitrogen and oxygen atoms in total. The van der Waals surface area contributed by atoms with Crippen molar-refractivity contribution in [3.8, 4) is 0 Å². The van der Waals surface area contributed by atoms with Gasteiger partial charge >= 0.3 is 36.5 Å². The Hall–Kier alpha value is 0.905. The van der Waals surface area contributed by atoms with E-state index in [2.05, 4.69) is 27.7 Å². The zero-order valence-corrected chi connectivity index (χ0v) is 20.5. The van der Waals surface area contributed by atoms with E-state index >= 15 is 0 Å². The molecule has 0 rings (SSSR count). The van der Waals surface area contributed by atoms with E-state index in [-0.39, 0.29) is 29.6 Å². The van der Waals surface area contributed by atoms with Gasteiger partial charge in [-0.2, -0.15) is 0 Å². The van der Waals surface area contributed by atoms with Crippen LogP contribution in [0, 0.1) is 0 Å². The molecule has 0 amide bonds. The van der Waals surface area contributed by atoms with E-state index in [1.54, 1.807) is 0 Å². The quantitative estimate of drug-likeness (QED) is 0.239. The molecule has 0 aromatic heterocycles. The minimum atomic E-state index is -2.06. The summed E-state index contributed by atoms with van der Waals surface area (Å²) in [6, 6.07) is 0. The van der Waals surface area contributed by atoms with Crippen LogP contribution in [0.1, 0.15) is 105 Å². The summed E-state index contributed by atoms with van der Waals surface area (Å²) in [6.45, 7) is 9.29. The Bertz CT molecular complexity index is 217. The van der Waals surface area contributed by atoms with Crippen LogP contribution in [-0.2, 0) is 18.6 Å². The SMILES string of the molecule is CCCCCO[B-](OCCCCC)(OCCCCC)OCCCCC.[Na+]. The zero-order chi connectivity index (χ0) is 18.6. The molecule has 0 bridgehead atoms. The maximum Gasteiger partial charge on any atom is 1.00 e. The van der Waals surface area contributed by atoms with Crippen LogP contribution in [0.3, 0.4) is 0 Å². The fraction of sp³-hybridized carbons (Fsp3) is 1.00. The van der Waals surface area contributed by atoms with Crippen molar-refractivity contribution in [1.29, 1.82) is 0 Å². The molecule has 0 saturated carbocycles. The third-order valence-corrected chi connectivity index (χ3v) is 4.28. The van der Waals surface area contributed by atoms with Crippen LogP contribution in [0.5, 0.6) is 0 Å². The second kappa shape index (κ2) is 22.2. The summed E-state index contributed by atoms with van der Waals surface area (Å²) in [5.41, 5.74) is 0. The maximum absolute atomic E-state index is 6.07. The van der Waals surface area contributed by atoms with Gasteiger partial charge in [0.25, 0.3) is 0 Å². The van der Waals surface area contributed by atoms with E-state index in [1.807, 2.05) is 0 Å². The van der Waals surface area contributed by atoms with Crippen LogP contribution in [0.25, 0.3) is 0 Å². The monoisotopic (exact) mass is 382 g/mol.